The van der Waals surface area contributed by atoms with Crippen LogP contribution in [0.1, 0.15) is 24.8 Å². The van der Waals surface area contributed by atoms with Crippen LogP contribution in [-0.4, -0.2) is 48.5 Å². The van der Waals surface area contributed by atoms with Gasteiger partial charge in [0.15, 0.2) is 16.6 Å². The molecule has 168 valence electrons. The quantitative estimate of drug-likeness (QED) is 0.408. The van der Waals surface area contributed by atoms with Gasteiger partial charge in [-0.25, -0.2) is 9.97 Å². The highest BCUT2D eigenvalue weighted by Gasteiger charge is 2.14. The number of aromatic nitrogens is 3. The molecule has 0 bridgehead atoms. The summed E-state index contributed by atoms with van der Waals surface area (Å²) in [5.74, 6) is 2.16. The maximum atomic E-state index is 5.46. The molecule has 2 aromatic carbocycles. The summed E-state index contributed by atoms with van der Waals surface area (Å²) in [4.78, 5) is 9.30. The first kappa shape index (κ1) is 21.0. The number of methoxy groups -OCH3 is 2. The van der Waals surface area contributed by atoms with Crippen LogP contribution < -0.4 is 14.8 Å². The van der Waals surface area contributed by atoms with Crippen molar-refractivity contribution in [1.82, 2.24) is 14.5 Å². The van der Waals surface area contributed by atoms with E-state index in [1.807, 2.05) is 18.5 Å². The Morgan fingerprint density at radius 2 is 1.91 bits per heavy atom. The highest BCUT2D eigenvalue weighted by atomic mass is 32.1. The van der Waals surface area contributed by atoms with Crippen molar-refractivity contribution >= 4 is 37.7 Å². The zero-order chi connectivity index (χ0) is 21.9. The Morgan fingerprint density at radius 3 is 2.72 bits per heavy atom. The van der Waals surface area contributed by atoms with Gasteiger partial charge in [-0.15, -0.1) is 0 Å². The first-order chi connectivity index (χ1) is 15.7. The van der Waals surface area contributed by atoms with Gasteiger partial charge in [-0.1, -0.05) is 17.4 Å². The van der Waals surface area contributed by atoms with Crippen LogP contribution in [0.4, 0.5) is 5.13 Å². The van der Waals surface area contributed by atoms with Crippen molar-refractivity contribution in [3.8, 4) is 11.5 Å². The number of fused-ring (bicyclic) bond motifs is 2. The monoisotopic (exact) mass is 452 g/mol. The Labute approximate surface area is 191 Å². The van der Waals surface area contributed by atoms with Crippen molar-refractivity contribution in [2.24, 2.45) is 5.92 Å². The van der Waals surface area contributed by atoms with E-state index in [0.717, 1.165) is 53.9 Å². The third-order valence-electron chi connectivity index (χ3n) is 6.10. The zero-order valence-electron chi connectivity index (χ0n) is 18.5. The minimum absolute atomic E-state index is 0.688. The molecule has 1 N–H and O–H groups in total. The van der Waals surface area contributed by atoms with Gasteiger partial charge in [0.2, 0.25) is 0 Å². The van der Waals surface area contributed by atoms with Gasteiger partial charge in [0.1, 0.15) is 0 Å². The molecule has 0 unspecified atom stereocenters. The van der Waals surface area contributed by atoms with E-state index in [1.165, 1.54) is 29.5 Å². The third-order valence-corrected chi connectivity index (χ3v) is 7.08. The lowest BCUT2D eigenvalue weighted by Gasteiger charge is -2.21. The maximum Gasteiger partial charge on any atom is 0.183 e. The number of thiazole rings is 1. The first-order valence-electron chi connectivity index (χ1n) is 11.0. The summed E-state index contributed by atoms with van der Waals surface area (Å²) in [6, 6.07) is 10.4. The largest absolute Gasteiger partial charge is 0.493 e. The SMILES string of the molecule is COc1cc2ncn(Cc3ccc4nc(NCCC5CCOCC5)sc4c3)c2cc1OC. The zero-order valence-corrected chi connectivity index (χ0v) is 19.3. The van der Waals surface area contributed by atoms with Crippen LogP contribution in [-0.2, 0) is 11.3 Å². The van der Waals surface area contributed by atoms with E-state index >= 15 is 0 Å². The summed E-state index contributed by atoms with van der Waals surface area (Å²) in [6.07, 6.45) is 5.38. The molecular formula is C24H28N4O3S. The molecule has 1 aliphatic rings. The molecule has 3 heterocycles. The van der Waals surface area contributed by atoms with Crippen LogP contribution in [0.5, 0.6) is 11.5 Å². The van der Waals surface area contributed by atoms with Crippen molar-refractivity contribution in [3.05, 3.63) is 42.2 Å². The molecule has 32 heavy (non-hydrogen) atoms. The second kappa shape index (κ2) is 9.34. The number of hydrogen-bond acceptors (Lipinski definition) is 7. The molecule has 4 aromatic rings. The van der Waals surface area contributed by atoms with Crippen LogP contribution >= 0.6 is 11.3 Å². The van der Waals surface area contributed by atoms with Gasteiger partial charge < -0.3 is 24.1 Å². The predicted octanol–water partition coefficient (Wildman–Crippen LogP) is 4.94. The Kier molecular flexibility index (Phi) is 6.14. The number of ether oxygens (including phenoxy) is 3. The van der Waals surface area contributed by atoms with E-state index < -0.39 is 0 Å². The number of hydrogen-bond donors (Lipinski definition) is 1. The average molecular weight is 453 g/mol. The molecule has 1 saturated heterocycles. The lowest BCUT2D eigenvalue weighted by molar-refractivity contribution is 0.0649. The third kappa shape index (κ3) is 4.38. The molecule has 1 fully saturated rings. The summed E-state index contributed by atoms with van der Waals surface area (Å²) in [7, 11) is 3.29. The molecule has 0 amide bonds. The van der Waals surface area contributed by atoms with Gasteiger partial charge in [0.25, 0.3) is 0 Å². The van der Waals surface area contributed by atoms with Gasteiger partial charge in [-0.2, -0.15) is 0 Å². The fraction of sp³-hybridized carbons (Fsp3) is 0.417. The molecule has 8 heteroatoms. The maximum absolute atomic E-state index is 5.46. The lowest BCUT2D eigenvalue weighted by Crippen LogP contribution is -2.18. The van der Waals surface area contributed by atoms with Crippen molar-refractivity contribution < 1.29 is 14.2 Å². The summed E-state index contributed by atoms with van der Waals surface area (Å²) >= 11 is 1.72. The van der Waals surface area contributed by atoms with Crippen LogP contribution in [0.25, 0.3) is 21.3 Å². The second-order valence-corrected chi connectivity index (χ2v) is 9.19. The number of nitrogens with zero attached hydrogens (tertiary/aromatic N) is 3. The number of imidazole rings is 1. The molecule has 0 spiro atoms. The van der Waals surface area contributed by atoms with Gasteiger partial charge in [0, 0.05) is 38.4 Å². The minimum Gasteiger partial charge on any atom is -0.493 e. The smallest absolute Gasteiger partial charge is 0.183 e. The molecule has 0 saturated carbocycles. The van der Waals surface area contributed by atoms with Crippen LogP contribution in [0, 0.1) is 5.92 Å². The fourth-order valence-electron chi connectivity index (χ4n) is 4.27. The van der Waals surface area contributed by atoms with Gasteiger partial charge in [-0.3, -0.25) is 0 Å². The molecule has 0 aliphatic carbocycles. The van der Waals surface area contributed by atoms with Gasteiger partial charge in [-0.05, 0) is 42.9 Å². The van der Waals surface area contributed by atoms with E-state index in [2.05, 4.69) is 33.1 Å². The molecule has 2 aromatic heterocycles. The van der Waals surface area contributed by atoms with Gasteiger partial charge >= 0.3 is 0 Å². The van der Waals surface area contributed by atoms with Gasteiger partial charge in [0.05, 0.1) is 41.8 Å². The number of rotatable bonds is 8. The average Bonchev–Trinajstić information content (AvgIpc) is 3.41. The van der Waals surface area contributed by atoms with E-state index in [9.17, 15) is 0 Å². The topological polar surface area (TPSA) is 70.4 Å². The first-order valence-corrected chi connectivity index (χ1v) is 11.8. The molecule has 1 aliphatic heterocycles. The van der Waals surface area contributed by atoms with E-state index in [1.54, 1.807) is 25.6 Å². The van der Waals surface area contributed by atoms with E-state index in [4.69, 9.17) is 19.2 Å². The second-order valence-electron chi connectivity index (χ2n) is 8.16. The van der Waals surface area contributed by atoms with E-state index in [-0.39, 0.29) is 0 Å². The Balaban J connectivity index is 1.29. The molecule has 5 rings (SSSR count). The summed E-state index contributed by atoms with van der Waals surface area (Å²) < 4.78 is 19.6. The highest BCUT2D eigenvalue weighted by Crippen LogP contribution is 2.32. The number of benzene rings is 2. The standard InChI is InChI=1S/C24H28N4O3S/c1-29-21-12-19-20(13-22(21)30-2)28(15-26-19)14-17-3-4-18-23(11-17)32-24(27-18)25-8-5-16-6-9-31-10-7-16/h3-4,11-13,15-16H,5-10,14H2,1-2H3,(H,25,27). The molecule has 0 radical (unpaired) electrons. The molecule has 0 atom stereocenters. The van der Waals surface area contributed by atoms with Crippen molar-refractivity contribution in [2.45, 2.75) is 25.8 Å². The summed E-state index contributed by atoms with van der Waals surface area (Å²) in [5, 5.41) is 4.51. The predicted molar refractivity (Wildman–Crippen MR) is 128 cm³/mol. The highest BCUT2D eigenvalue weighted by molar-refractivity contribution is 7.22. The Morgan fingerprint density at radius 1 is 1.09 bits per heavy atom. The molecule has 7 nitrogen and oxygen atoms in total. The Hall–Kier alpha value is -2.84. The minimum atomic E-state index is 0.688. The fourth-order valence-corrected chi connectivity index (χ4v) is 5.22. The molecular weight excluding hydrogens is 424 g/mol. The van der Waals surface area contributed by atoms with Crippen molar-refractivity contribution in [3.63, 3.8) is 0 Å². The van der Waals surface area contributed by atoms with Crippen LogP contribution in [0.15, 0.2) is 36.7 Å². The van der Waals surface area contributed by atoms with Crippen molar-refractivity contribution in [2.75, 3.05) is 39.3 Å². The van der Waals surface area contributed by atoms with E-state index in [0.29, 0.717) is 11.5 Å². The number of anilines is 1. The normalized spacial score (nSPS) is 14.8. The van der Waals surface area contributed by atoms with Crippen LogP contribution in [0.2, 0.25) is 0 Å². The lowest BCUT2D eigenvalue weighted by atomic mass is 9.97. The summed E-state index contributed by atoms with van der Waals surface area (Å²) in [5.41, 5.74) is 4.15. The van der Waals surface area contributed by atoms with Crippen LogP contribution in [0.3, 0.4) is 0 Å². The summed E-state index contributed by atoms with van der Waals surface area (Å²) in [6.45, 7) is 3.50. The Bertz CT molecular complexity index is 1210. The number of nitrogens with one attached hydrogen (secondary N) is 1. The van der Waals surface area contributed by atoms with Crippen molar-refractivity contribution in [1.29, 1.82) is 0 Å².